The zero-order valence-corrected chi connectivity index (χ0v) is 14.0. The summed E-state index contributed by atoms with van der Waals surface area (Å²) in [6.07, 6.45) is 8.64. The van der Waals surface area contributed by atoms with E-state index in [0.717, 1.165) is 32.1 Å². The first-order valence-corrected chi connectivity index (χ1v) is 8.26. The lowest BCUT2D eigenvalue weighted by atomic mass is 9.47. The molecule has 0 N–H and O–H groups in total. The molecule has 0 aromatic carbocycles. The van der Waals surface area contributed by atoms with E-state index >= 15 is 0 Å². The fourth-order valence-corrected chi connectivity index (χ4v) is 5.33. The Balaban J connectivity index is 1.99. The molecule has 3 rings (SSSR count). The van der Waals surface area contributed by atoms with Crippen molar-refractivity contribution in [1.29, 1.82) is 0 Å². The van der Waals surface area contributed by atoms with Crippen LogP contribution in [-0.2, 0) is 19.1 Å². The highest BCUT2D eigenvalue weighted by Gasteiger charge is 2.73. The standard InChI is InChI=1S/C18H26O4/c1-12(19)8-11-18-14(22-18)7-6-13-16(2,15(20)21-4)9-5-10-17(13,18)3/h8,11,13-14H,5-7,9-10H2,1-4H3/b11-8+/t13-,14?,16-,17-,18?/m0/s1. The van der Waals surface area contributed by atoms with Crippen LogP contribution in [0.25, 0.3) is 0 Å². The van der Waals surface area contributed by atoms with Gasteiger partial charge in [0.25, 0.3) is 0 Å². The van der Waals surface area contributed by atoms with Crippen molar-refractivity contribution in [3.8, 4) is 0 Å². The van der Waals surface area contributed by atoms with E-state index in [4.69, 9.17) is 9.47 Å². The van der Waals surface area contributed by atoms with Crippen molar-refractivity contribution >= 4 is 11.8 Å². The van der Waals surface area contributed by atoms with Gasteiger partial charge in [0.2, 0.25) is 0 Å². The number of rotatable bonds is 3. The summed E-state index contributed by atoms with van der Waals surface area (Å²) in [6.45, 7) is 5.85. The molecule has 0 spiro atoms. The Bertz CT molecular complexity index is 539. The topological polar surface area (TPSA) is 55.9 Å². The second kappa shape index (κ2) is 4.92. The Morgan fingerprint density at radius 2 is 1.95 bits per heavy atom. The summed E-state index contributed by atoms with van der Waals surface area (Å²) in [5, 5.41) is 0. The summed E-state index contributed by atoms with van der Waals surface area (Å²) in [7, 11) is 1.48. The molecule has 2 aliphatic carbocycles. The number of epoxide rings is 1. The fraction of sp³-hybridized carbons (Fsp3) is 0.778. The third-order valence-electron chi connectivity index (χ3n) is 6.52. The van der Waals surface area contributed by atoms with Crippen LogP contribution in [0.5, 0.6) is 0 Å². The first kappa shape index (κ1) is 15.7. The molecule has 0 radical (unpaired) electrons. The molecular weight excluding hydrogens is 280 g/mol. The van der Waals surface area contributed by atoms with Gasteiger partial charge in [-0.2, -0.15) is 0 Å². The van der Waals surface area contributed by atoms with Gasteiger partial charge in [0.15, 0.2) is 5.78 Å². The quantitative estimate of drug-likeness (QED) is 0.457. The van der Waals surface area contributed by atoms with E-state index < -0.39 is 5.41 Å². The number of carbonyl (C=O) groups excluding carboxylic acids is 2. The van der Waals surface area contributed by atoms with Crippen molar-refractivity contribution in [3.63, 3.8) is 0 Å². The molecule has 2 unspecified atom stereocenters. The lowest BCUT2D eigenvalue weighted by Gasteiger charge is -2.54. The molecule has 1 aliphatic heterocycles. The summed E-state index contributed by atoms with van der Waals surface area (Å²) in [5.41, 5.74) is -0.921. The maximum Gasteiger partial charge on any atom is 0.311 e. The third-order valence-corrected chi connectivity index (χ3v) is 6.52. The minimum absolute atomic E-state index is 0.0425. The molecule has 0 aromatic heterocycles. The molecule has 4 heteroatoms. The first-order chi connectivity index (χ1) is 10.3. The van der Waals surface area contributed by atoms with Crippen LogP contribution in [0.15, 0.2) is 12.2 Å². The van der Waals surface area contributed by atoms with Gasteiger partial charge in [0.1, 0.15) is 5.60 Å². The van der Waals surface area contributed by atoms with Gasteiger partial charge in [-0.05, 0) is 57.6 Å². The molecule has 122 valence electrons. The molecular formula is C18H26O4. The Morgan fingerprint density at radius 1 is 1.23 bits per heavy atom. The summed E-state index contributed by atoms with van der Waals surface area (Å²) in [4.78, 5) is 23.8. The third kappa shape index (κ3) is 1.92. The number of fused-ring (bicyclic) bond motifs is 3. The second-order valence-corrected chi connectivity index (χ2v) is 7.65. The molecule has 0 aromatic rings. The van der Waals surface area contributed by atoms with Crippen molar-refractivity contribution < 1.29 is 19.1 Å². The average Bonchev–Trinajstić information content (AvgIpc) is 3.20. The lowest BCUT2D eigenvalue weighted by Crippen LogP contribution is -2.56. The predicted octanol–water partition coefficient (Wildman–Crippen LogP) is 3.05. The summed E-state index contributed by atoms with van der Waals surface area (Å²) in [5.74, 6) is 0.172. The van der Waals surface area contributed by atoms with Gasteiger partial charge in [-0.3, -0.25) is 9.59 Å². The van der Waals surface area contributed by atoms with E-state index in [0.29, 0.717) is 0 Å². The van der Waals surface area contributed by atoms with Gasteiger partial charge >= 0.3 is 5.97 Å². The molecule has 5 atom stereocenters. The number of esters is 1. The Morgan fingerprint density at radius 3 is 2.59 bits per heavy atom. The van der Waals surface area contributed by atoms with Crippen LogP contribution in [-0.4, -0.2) is 30.6 Å². The lowest BCUT2D eigenvalue weighted by molar-refractivity contribution is -0.167. The number of hydrogen-bond acceptors (Lipinski definition) is 4. The van der Waals surface area contributed by atoms with Gasteiger partial charge in [-0.15, -0.1) is 0 Å². The predicted molar refractivity (Wildman–Crippen MR) is 82.2 cm³/mol. The van der Waals surface area contributed by atoms with Crippen molar-refractivity contribution in [2.75, 3.05) is 7.11 Å². The van der Waals surface area contributed by atoms with E-state index in [1.165, 1.54) is 7.11 Å². The first-order valence-electron chi connectivity index (χ1n) is 8.26. The number of methoxy groups -OCH3 is 1. The molecule has 1 saturated heterocycles. The van der Waals surface area contributed by atoms with Crippen molar-refractivity contribution in [2.24, 2.45) is 16.7 Å². The van der Waals surface area contributed by atoms with Crippen LogP contribution in [0.1, 0.15) is 52.9 Å². The smallest absolute Gasteiger partial charge is 0.311 e. The highest BCUT2D eigenvalue weighted by molar-refractivity contribution is 5.87. The number of hydrogen-bond donors (Lipinski definition) is 0. The summed E-state index contributed by atoms with van der Waals surface area (Å²) < 4.78 is 11.2. The van der Waals surface area contributed by atoms with Crippen molar-refractivity contribution in [3.05, 3.63) is 12.2 Å². The largest absolute Gasteiger partial charge is 0.469 e. The van der Waals surface area contributed by atoms with E-state index in [-0.39, 0.29) is 34.8 Å². The summed E-state index contributed by atoms with van der Waals surface area (Å²) in [6, 6.07) is 0. The molecule has 2 saturated carbocycles. The number of carbonyl (C=O) groups is 2. The zero-order valence-electron chi connectivity index (χ0n) is 14.0. The van der Waals surface area contributed by atoms with Crippen molar-refractivity contribution in [1.82, 2.24) is 0 Å². The van der Waals surface area contributed by atoms with E-state index in [1.54, 1.807) is 13.0 Å². The average molecular weight is 306 g/mol. The SMILES string of the molecule is COC(=O)[C@@]1(C)CCC[C@@]2(C)[C@H]1CCC1OC12/C=C/C(C)=O. The minimum Gasteiger partial charge on any atom is -0.469 e. The zero-order chi connectivity index (χ0) is 16.2. The van der Waals surface area contributed by atoms with Crippen LogP contribution in [0.3, 0.4) is 0 Å². The second-order valence-electron chi connectivity index (χ2n) is 7.65. The normalized spacial score (nSPS) is 46.7. The van der Waals surface area contributed by atoms with Gasteiger partial charge in [0, 0.05) is 5.41 Å². The maximum absolute atomic E-state index is 12.4. The van der Waals surface area contributed by atoms with E-state index in [9.17, 15) is 9.59 Å². The fourth-order valence-electron chi connectivity index (χ4n) is 5.33. The van der Waals surface area contributed by atoms with Gasteiger partial charge in [-0.25, -0.2) is 0 Å². The molecule has 0 amide bonds. The van der Waals surface area contributed by atoms with Gasteiger partial charge < -0.3 is 9.47 Å². The van der Waals surface area contributed by atoms with E-state index in [2.05, 4.69) is 6.92 Å². The van der Waals surface area contributed by atoms with Crippen molar-refractivity contribution in [2.45, 2.75) is 64.6 Å². The minimum atomic E-state index is -0.449. The molecule has 3 aliphatic rings. The Kier molecular flexibility index (Phi) is 3.52. The summed E-state index contributed by atoms with van der Waals surface area (Å²) >= 11 is 0. The molecule has 1 heterocycles. The maximum atomic E-state index is 12.4. The molecule has 4 nitrogen and oxygen atoms in total. The molecule has 0 bridgehead atoms. The number of allylic oxidation sites excluding steroid dienone is 1. The Hall–Kier alpha value is -1.16. The van der Waals surface area contributed by atoms with Crippen LogP contribution in [0, 0.1) is 16.7 Å². The highest BCUT2D eigenvalue weighted by atomic mass is 16.6. The monoisotopic (exact) mass is 306 g/mol. The van der Waals surface area contributed by atoms with E-state index in [1.807, 2.05) is 13.0 Å². The highest BCUT2D eigenvalue weighted by Crippen LogP contribution is 2.69. The molecule has 3 fully saturated rings. The van der Waals surface area contributed by atoms with Crippen LogP contribution in [0.2, 0.25) is 0 Å². The van der Waals surface area contributed by atoms with Crippen LogP contribution >= 0.6 is 0 Å². The molecule has 22 heavy (non-hydrogen) atoms. The Labute approximate surface area is 132 Å². The van der Waals surface area contributed by atoms with Crippen LogP contribution in [0.4, 0.5) is 0 Å². The van der Waals surface area contributed by atoms with Gasteiger partial charge in [-0.1, -0.05) is 13.3 Å². The van der Waals surface area contributed by atoms with Crippen LogP contribution < -0.4 is 0 Å². The number of ether oxygens (including phenoxy) is 2. The number of ketones is 1. The van der Waals surface area contributed by atoms with Gasteiger partial charge in [0.05, 0.1) is 18.6 Å².